The van der Waals surface area contributed by atoms with E-state index in [1.165, 1.54) is 0 Å². The Balaban J connectivity index is 2.58. The summed E-state index contributed by atoms with van der Waals surface area (Å²) < 4.78 is 36.0. The number of alkyl halides is 3. The molecule has 0 aliphatic heterocycles. The van der Waals surface area contributed by atoms with Gasteiger partial charge in [0, 0.05) is 12.5 Å². The second-order valence-corrected chi connectivity index (χ2v) is 4.40. The average Bonchev–Trinajstić information content (AvgIpc) is 2.20. The van der Waals surface area contributed by atoms with E-state index in [0.717, 1.165) is 16.7 Å². The minimum atomic E-state index is -4.08. The van der Waals surface area contributed by atoms with Crippen molar-refractivity contribution in [2.75, 3.05) is 0 Å². The summed E-state index contributed by atoms with van der Waals surface area (Å²) in [4.78, 5) is 0. The summed E-state index contributed by atoms with van der Waals surface area (Å²) in [6.45, 7) is 3.93. The zero-order chi connectivity index (χ0) is 13.1. The molecule has 0 heterocycles. The topological polar surface area (TPSA) is 26.0 Å². The maximum Gasteiger partial charge on any atom is 0.389 e. The summed E-state index contributed by atoms with van der Waals surface area (Å²) in [7, 11) is 0. The Hall–Kier alpha value is -1.03. The van der Waals surface area contributed by atoms with Crippen LogP contribution in [-0.2, 0) is 0 Å². The van der Waals surface area contributed by atoms with Crippen LogP contribution in [0.4, 0.5) is 13.2 Å². The molecule has 0 aromatic heterocycles. The number of benzene rings is 1. The molecule has 1 atom stereocenters. The number of rotatable bonds is 4. The first-order chi connectivity index (χ1) is 7.81. The van der Waals surface area contributed by atoms with Gasteiger partial charge in [-0.25, -0.2) is 0 Å². The summed E-state index contributed by atoms with van der Waals surface area (Å²) >= 11 is 0. The van der Waals surface area contributed by atoms with E-state index >= 15 is 0 Å². The van der Waals surface area contributed by atoms with Crippen LogP contribution in [0.3, 0.4) is 0 Å². The van der Waals surface area contributed by atoms with Crippen molar-refractivity contribution in [3.63, 3.8) is 0 Å². The van der Waals surface area contributed by atoms with Crippen molar-refractivity contribution < 1.29 is 13.2 Å². The highest BCUT2D eigenvalue weighted by atomic mass is 19.4. The second-order valence-electron chi connectivity index (χ2n) is 4.40. The van der Waals surface area contributed by atoms with Gasteiger partial charge in [-0.2, -0.15) is 13.2 Å². The highest BCUT2D eigenvalue weighted by molar-refractivity contribution is 5.35. The third-order valence-corrected chi connectivity index (χ3v) is 3.02. The predicted octanol–water partition coefficient (Wildman–Crippen LogP) is 4.04. The van der Waals surface area contributed by atoms with Crippen LogP contribution >= 0.6 is 0 Å². The van der Waals surface area contributed by atoms with Gasteiger partial charge in [-0.1, -0.05) is 18.2 Å². The van der Waals surface area contributed by atoms with Crippen LogP contribution in [0.1, 0.15) is 42.0 Å². The third kappa shape index (κ3) is 4.38. The predicted molar refractivity (Wildman–Crippen MR) is 62.8 cm³/mol. The number of hydrogen-bond acceptors (Lipinski definition) is 1. The summed E-state index contributed by atoms with van der Waals surface area (Å²) in [6, 6.07) is 5.45. The molecule has 1 aromatic rings. The molecule has 0 amide bonds. The highest BCUT2D eigenvalue weighted by Gasteiger charge is 2.26. The van der Waals surface area contributed by atoms with Gasteiger partial charge in [0.25, 0.3) is 0 Å². The van der Waals surface area contributed by atoms with Crippen molar-refractivity contribution in [3.05, 3.63) is 34.9 Å². The lowest BCUT2D eigenvalue weighted by molar-refractivity contribution is -0.135. The maximum absolute atomic E-state index is 12.0. The fraction of sp³-hybridized carbons (Fsp3) is 0.538. The zero-order valence-electron chi connectivity index (χ0n) is 10.1. The summed E-state index contributed by atoms with van der Waals surface area (Å²) in [5.41, 5.74) is 9.07. The summed E-state index contributed by atoms with van der Waals surface area (Å²) in [5, 5.41) is 0. The molecule has 0 aliphatic carbocycles. The van der Waals surface area contributed by atoms with E-state index in [4.69, 9.17) is 5.73 Å². The Kier molecular flexibility index (Phi) is 4.57. The lowest BCUT2D eigenvalue weighted by Crippen LogP contribution is -2.14. The van der Waals surface area contributed by atoms with Crippen molar-refractivity contribution in [2.45, 2.75) is 45.3 Å². The van der Waals surface area contributed by atoms with E-state index in [0.29, 0.717) is 6.42 Å². The molecule has 0 saturated heterocycles. The van der Waals surface area contributed by atoms with Gasteiger partial charge >= 0.3 is 6.18 Å². The molecule has 0 radical (unpaired) electrons. The molecule has 0 fully saturated rings. The Bertz CT molecular complexity index is 371. The normalized spacial score (nSPS) is 13.8. The highest BCUT2D eigenvalue weighted by Crippen LogP contribution is 2.27. The minimum Gasteiger partial charge on any atom is -0.324 e. The van der Waals surface area contributed by atoms with Crippen LogP contribution in [0, 0.1) is 13.8 Å². The average molecular weight is 245 g/mol. The van der Waals surface area contributed by atoms with Crippen LogP contribution < -0.4 is 5.73 Å². The first kappa shape index (κ1) is 14.0. The number of nitrogens with two attached hydrogens (primary N) is 1. The Morgan fingerprint density at radius 1 is 1.24 bits per heavy atom. The van der Waals surface area contributed by atoms with Crippen LogP contribution in [0.2, 0.25) is 0 Å². The van der Waals surface area contributed by atoms with Crippen molar-refractivity contribution in [2.24, 2.45) is 5.73 Å². The Morgan fingerprint density at radius 3 is 2.47 bits per heavy atom. The third-order valence-electron chi connectivity index (χ3n) is 3.02. The Labute approximate surface area is 99.8 Å². The van der Waals surface area contributed by atoms with Crippen molar-refractivity contribution in [1.82, 2.24) is 0 Å². The number of hydrogen-bond donors (Lipinski definition) is 1. The molecule has 0 bridgehead atoms. The molecule has 96 valence electrons. The van der Waals surface area contributed by atoms with E-state index in [1.807, 2.05) is 32.0 Å². The van der Waals surface area contributed by atoms with Gasteiger partial charge in [0.15, 0.2) is 0 Å². The smallest absolute Gasteiger partial charge is 0.324 e. The van der Waals surface area contributed by atoms with E-state index in [1.54, 1.807) is 0 Å². The van der Waals surface area contributed by atoms with Crippen LogP contribution in [0.5, 0.6) is 0 Å². The van der Waals surface area contributed by atoms with Gasteiger partial charge in [0.05, 0.1) is 0 Å². The second kappa shape index (κ2) is 5.54. The van der Waals surface area contributed by atoms with Crippen LogP contribution in [0.25, 0.3) is 0 Å². The van der Waals surface area contributed by atoms with E-state index in [-0.39, 0.29) is 12.5 Å². The molecule has 0 saturated carbocycles. The largest absolute Gasteiger partial charge is 0.389 e. The molecule has 17 heavy (non-hydrogen) atoms. The lowest BCUT2D eigenvalue weighted by Gasteiger charge is -2.16. The first-order valence-corrected chi connectivity index (χ1v) is 5.69. The fourth-order valence-corrected chi connectivity index (χ4v) is 1.85. The van der Waals surface area contributed by atoms with Crippen molar-refractivity contribution in [3.8, 4) is 0 Å². The molecule has 1 unspecified atom stereocenters. The minimum absolute atomic E-state index is 0.0814. The van der Waals surface area contributed by atoms with Crippen molar-refractivity contribution in [1.29, 1.82) is 0 Å². The molecule has 2 N–H and O–H groups in total. The van der Waals surface area contributed by atoms with Gasteiger partial charge in [0.1, 0.15) is 0 Å². The molecule has 4 heteroatoms. The van der Waals surface area contributed by atoms with E-state index in [9.17, 15) is 13.2 Å². The molecule has 1 rings (SSSR count). The quantitative estimate of drug-likeness (QED) is 0.851. The molecular formula is C13H18F3N. The Morgan fingerprint density at radius 2 is 1.88 bits per heavy atom. The van der Waals surface area contributed by atoms with Crippen molar-refractivity contribution >= 4 is 0 Å². The summed E-state index contributed by atoms with van der Waals surface area (Å²) in [5.74, 6) is 0. The molecule has 1 aromatic carbocycles. The number of halogens is 3. The van der Waals surface area contributed by atoms with Crippen LogP contribution in [0.15, 0.2) is 18.2 Å². The maximum atomic E-state index is 12.0. The lowest BCUT2D eigenvalue weighted by atomic mass is 9.95. The number of aryl methyl sites for hydroxylation is 1. The monoisotopic (exact) mass is 245 g/mol. The van der Waals surface area contributed by atoms with Gasteiger partial charge in [0.2, 0.25) is 0 Å². The standard InChI is InChI=1S/C13H18F3N/c1-9-5-3-6-11(10(9)2)12(17)7-4-8-13(14,15)16/h3,5-6,12H,4,7-8,17H2,1-2H3. The van der Waals surface area contributed by atoms with Gasteiger partial charge in [-0.15, -0.1) is 0 Å². The van der Waals surface area contributed by atoms with Crippen LogP contribution in [-0.4, -0.2) is 6.18 Å². The molecular weight excluding hydrogens is 227 g/mol. The fourth-order valence-electron chi connectivity index (χ4n) is 1.85. The summed E-state index contributed by atoms with van der Waals surface area (Å²) in [6.07, 6.45) is -4.39. The van der Waals surface area contributed by atoms with E-state index in [2.05, 4.69) is 0 Å². The molecule has 0 spiro atoms. The zero-order valence-corrected chi connectivity index (χ0v) is 10.1. The van der Waals surface area contributed by atoms with Gasteiger partial charge in [-0.05, 0) is 43.4 Å². The van der Waals surface area contributed by atoms with E-state index < -0.39 is 12.6 Å². The SMILES string of the molecule is Cc1cccc(C(N)CCCC(F)(F)F)c1C. The molecule has 0 aliphatic rings. The van der Waals surface area contributed by atoms with Gasteiger partial charge in [-0.3, -0.25) is 0 Å². The first-order valence-electron chi connectivity index (χ1n) is 5.69. The van der Waals surface area contributed by atoms with Gasteiger partial charge < -0.3 is 5.73 Å². The molecule has 1 nitrogen and oxygen atoms in total.